The molecule has 2 unspecified atom stereocenters. The van der Waals surface area contributed by atoms with Gasteiger partial charge in [0.05, 0.1) is 5.69 Å². The third-order valence-corrected chi connectivity index (χ3v) is 4.01. The van der Waals surface area contributed by atoms with E-state index in [1.807, 2.05) is 16.8 Å². The van der Waals surface area contributed by atoms with Gasteiger partial charge in [-0.05, 0) is 44.4 Å². The smallest absolute Gasteiger partial charge is 0.0646 e. The number of benzene rings is 1. The summed E-state index contributed by atoms with van der Waals surface area (Å²) in [5, 5.41) is 4.66. The maximum Gasteiger partial charge on any atom is 0.0646 e. The lowest BCUT2D eigenvalue weighted by atomic mass is 9.86. The van der Waals surface area contributed by atoms with E-state index >= 15 is 0 Å². The average molecular weight is 271 g/mol. The maximum atomic E-state index is 6.54. The summed E-state index contributed by atoms with van der Waals surface area (Å²) in [7, 11) is 0. The lowest BCUT2D eigenvalue weighted by Crippen LogP contribution is -2.36. The van der Waals surface area contributed by atoms with E-state index in [9.17, 15) is 0 Å². The van der Waals surface area contributed by atoms with Gasteiger partial charge >= 0.3 is 0 Å². The van der Waals surface area contributed by atoms with E-state index in [0.717, 1.165) is 18.5 Å². The summed E-state index contributed by atoms with van der Waals surface area (Å²) < 4.78 is 2.03. The lowest BCUT2D eigenvalue weighted by Gasteiger charge is -2.26. The Balaban J connectivity index is 2.20. The fraction of sp³-hybridized carbons (Fsp3) is 0.471. The Bertz CT molecular complexity index is 569. The molecule has 0 aliphatic rings. The highest BCUT2D eigenvalue weighted by atomic mass is 15.3. The van der Waals surface area contributed by atoms with Crippen molar-refractivity contribution in [3.63, 3.8) is 0 Å². The summed E-state index contributed by atoms with van der Waals surface area (Å²) in [6.07, 6.45) is 3.89. The molecule has 0 saturated carbocycles. The minimum absolute atomic E-state index is 0.389. The molecule has 2 rings (SSSR count). The van der Waals surface area contributed by atoms with Crippen molar-refractivity contribution < 1.29 is 0 Å². The molecule has 1 aromatic heterocycles. The van der Waals surface area contributed by atoms with Crippen LogP contribution in [0.5, 0.6) is 0 Å². The van der Waals surface area contributed by atoms with Crippen LogP contribution in [0.15, 0.2) is 36.5 Å². The Kier molecular flexibility index (Phi) is 4.29. The predicted molar refractivity (Wildman–Crippen MR) is 83.7 cm³/mol. The fourth-order valence-electron chi connectivity index (χ4n) is 2.59. The van der Waals surface area contributed by atoms with E-state index in [4.69, 9.17) is 5.73 Å². The van der Waals surface area contributed by atoms with Crippen molar-refractivity contribution in [1.82, 2.24) is 9.78 Å². The third-order valence-electron chi connectivity index (χ3n) is 4.01. The standard InChI is InChI=1S/C17H25N3/c1-5-14(3)20-11-10-15(19-20)12-17(4,18)16-9-7-6-8-13(16)2/h6-11,14H,5,12,18H2,1-4H3. The van der Waals surface area contributed by atoms with Crippen LogP contribution in [0, 0.1) is 6.92 Å². The number of hydrogen-bond donors (Lipinski definition) is 1. The third kappa shape index (κ3) is 3.10. The van der Waals surface area contributed by atoms with Crippen molar-refractivity contribution in [3.8, 4) is 0 Å². The molecule has 0 radical (unpaired) electrons. The molecule has 0 amide bonds. The molecule has 20 heavy (non-hydrogen) atoms. The topological polar surface area (TPSA) is 43.8 Å². The maximum absolute atomic E-state index is 6.54. The Morgan fingerprint density at radius 2 is 2.00 bits per heavy atom. The SMILES string of the molecule is CCC(C)n1ccc(CC(C)(N)c2ccccc2C)n1. The molecular formula is C17H25N3. The van der Waals surface area contributed by atoms with Crippen molar-refractivity contribution in [2.75, 3.05) is 0 Å². The fourth-order valence-corrected chi connectivity index (χ4v) is 2.59. The first-order valence-electron chi connectivity index (χ1n) is 7.33. The zero-order valence-corrected chi connectivity index (χ0v) is 12.9. The van der Waals surface area contributed by atoms with Gasteiger partial charge in [-0.15, -0.1) is 0 Å². The molecule has 3 nitrogen and oxygen atoms in total. The minimum atomic E-state index is -0.389. The molecule has 0 fully saturated rings. The first kappa shape index (κ1) is 14.8. The summed E-state index contributed by atoms with van der Waals surface area (Å²) in [6.45, 7) is 8.54. The van der Waals surface area contributed by atoms with E-state index in [-0.39, 0.29) is 5.54 Å². The summed E-state index contributed by atoms with van der Waals surface area (Å²) >= 11 is 0. The van der Waals surface area contributed by atoms with Gasteiger partial charge in [-0.25, -0.2) is 0 Å². The Labute approximate surface area is 121 Å². The van der Waals surface area contributed by atoms with Crippen LogP contribution >= 0.6 is 0 Å². The predicted octanol–water partition coefficient (Wildman–Crippen LogP) is 3.58. The second-order valence-corrected chi connectivity index (χ2v) is 5.95. The number of hydrogen-bond acceptors (Lipinski definition) is 2. The molecule has 108 valence electrons. The molecule has 1 heterocycles. The van der Waals surface area contributed by atoms with E-state index in [1.165, 1.54) is 11.1 Å². The van der Waals surface area contributed by atoms with Gasteiger partial charge in [0.15, 0.2) is 0 Å². The monoisotopic (exact) mass is 271 g/mol. The molecule has 0 aliphatic heterocycles. The number of aromatic nitrogens is 2. The summed E-state index contributed by atoms with van der Waals surface area (Å²) in [4.78, 5) is 0. The molecule has 0 saturated heterocycles. The molecule has 2 atom stereocenters. The van der Waals surface area contributed by atoms with Gasteiger partial charge in [-0.1, -0.05) is 31.2 Å². The van der Waals surface area contributed by atoms with E-state index in [1.54, 1.807) is 0 Å². The van der Waals surface area contributed by atoms with Gasteiger partial charge in [0.1, 0.15) is 0 Å². The van der Waals surface area contributed by atoms with Crippen molar-refractivity contribution in [1.29, 1.82) is 0 Å². The summed E-state index contributed by atoms with van der Waals surface area (Å²) in [6, 6.07) is 10.8. The Morgan fingerprint density at radius 1 is 1.30 bits per heavy atom. The second kappa shape index (κ2) is 5.80. The molecule has 2 aromatic rings. The van der Waals surface area contributed by atoms with Gasteiger partial charge in [-0.2, -0.15) is 5.10 Å². The normalized spacial score (nSPS) is 15.8. The van der Waals surface area contributed by atoms with Crippen LogP contribution in [0.3, 0.4) is 0 Å². The molecule has 1 aromatic carbocycles. The number of rotatable bonds is 5. The van der Waals surface area contributed by atoms with E-state index in [0.29, 0.717) is 6.04 Å². The summed E-state index contributed by atoms with van der Waals surface area (Å²) in [5.74, 6) is 0. The molecule has 3 heteroatoms. The lowest BCUT2D eigenvalue weighted by molar-refractivity contribution is 0.450. The van der Waals surface area contributed by atoms with Crippen LogP contribution in [0.1, 0.15) is 50.1 Å². The minimum Gasteiger partial charge on any atom is -0.321 e. The quantitative estimate of drug-likeness (QED) is 0.903. The molecule has 0 aliphatic carbocycles. The number of nitrogens with two attached hydrogens (primary N) is 1. The molecular weight excluding hydrogens is 246 g/mol. The van der Waals surface area contributed by atoms with Crippen molar-refractivity contribution in [3.05, 3.63) is 53.3 Å². The largest absolute Gasteiger partial charge is 0.321 e. The van der Waals surface area contributed by atoms with E-state index < -0.39 is 0 Å². The van der Waals surface area contributed by atoms with Crippen LogP contribution in [-0.4, -0.2) is 9.78 Å². The van der Waals surface area contributed by atoms with Gasteiger partial charge < -0.3 is 5.73 Å². The highest BCUT2D eigenvalue weighted by Crippen LogP contribution is 2.25. The first-order chi connectivity index (χ1) is 9.44. The second-order valence-electron chi connectivity index (χ2n) is 5.95. The van der Waals surface area contributed by atoms with Crippen LogP contribution in [0.2, 0.25) is 0 Å². The van der Waals surface area contributed by atoms with Gasteiger partial charge in [-0.3, -0.25) is 4.68 Å². The van der Waals surface area contributed by atoms with Crippen LogP contribution in [0.4, 0.5) is 0 Å². The van der Waals surface area contributed by atoms with Crippen LogP contribution < -0.4 is 5.73 Å². The van der Waals surface area contributed by atoms with Crippen molar-refractivity contribution in [2.45, 2.75) is 52.1 Å². The highest BCUT2D eigenvalue weighted by molar-refractivity contribution is 5.33. The van der Waals surface area contributed by atoms with Crippen molar-refractivity contribution in [2.24, 2.45) is 5.73 Å². The Hall–Kier alpha value is -1.61. The van der Waals surface area contributed by atoms with Gasteiger partial charge in [0.25, 0.3) is 0 Å². The first-order valence-corrected chi connectivity index (χ1v) is 7.33. The zero-order valence-electron chi connectivity index (χ0n) is 12.9. The van der Waals surface area contributed by atoms with Gasteiger partial charge in [0.2, 0.25) is 0 Å². The van der Waals surface area contributed by atoms with Crippen molar-refractivity contribution >= 4 is 0 Å². The Morgan fingerprint density at radius 3 is 2.65 bits per heavy atom. The van der Waals surface area contributed by atoms with Crippen LogP contribution in [0.25, 0.3) is 0 Å². The van der Waals surface area contributed by atoms with E-state index in [2.05, 4.69) is 57.2 Å². The molecule has 2 N–H and O–H groups in total. The zero-order chi connectivity index (χ0) is 14.8. The summed E-state index contributed by atoms with van der Waals surface area (Å²) in [5.41, 5.74) is 9.63. The van der Waals surface area contributed by atoms with Crippen LogP contribution in [-0.2, 0) is 12.0 Å². The highest BCUT2D eigenvalue weighted by Gasteiger charge is 2.24. The number of aryl methyl sites for hydroxylation is 1. The molecule has 0 spiro atoms. The average Bonchev–Trinajstić information content (AvgIpc) is 2.85. The number of nitrogens with zero attached hydrogens (tertiary/aromatic N) is 2. The van der Waals surface area contributed by atoms with Gasteiger partial charge in [0, 0.05) is 24.2 Å². The molecule has 0 bridgehead atoms.